The van der Waals surface area contributed by atoms with E-state index in [1.54, 1.807) is 7.11 Å². The minimum absolute atomic E-state index is 0.164. The molecule has 5 rings (SSSR count). The fourth-order valence-corrected chi connectivity index (χ4v) is 3.97. The molecule has 2 heterocycles. The van der Waals surface area contributed by atoms with Gasteiger partial charge in [-0.2, -0.15) is 5.10 Å². The lowest BCUT2D eigenvalue weighted by molar-refractivity contribution is -0.0191. The van der Waals surface area contributed by atoms with Crippen LogP contribution >= 0.6 is 0 Å². The fourth-order valence-electron chi connectivity index (χ4n) is 3.97. The summed E-state index contributed by atoms with van der Waals surface area (Å²) in [7, 11) is 1.68. The number of fused-ring (bicyclic) bond motifs is 3. The van der Waals surface area contributed by atoms with Gasteiger partial charge in [0.05, 0.1) is 18.9 Å². The van der Waals surface area contributed by atoms with Crippen molar-refractivity contribution in [3.8, 4) is 11.5 Å². The Morgan fingerprint density at radius 2 is 1.82 bits per heavy atom. The van der Waals surface area contributed by atoms with Crippen molar-refractivity contribution < 1.29 is 9.47 Å². The van der Waals surface area contributed by atoms with Gasteiger partial charge in [-0.25, -0.2) is 5.01 Å². The first-order valence-corrected chi connectivity index (χ1v) is 9.55. The first kappa shape index (κ1) is 16.9. The molecule has 4 nitrogen and oxygen atoms in total. The van der Waals surface area contributed by atoms with E-state index < -0.39 is 0 Å². The van der Waals surface area contributed by atoms with Gasteiger partial charge in [0.25, 0.3) is 0 Å². The van der Waals surface area contributed by atoms with Crippen molar-refractivity contribution in [2.24, 2.45) is 5.10 Å². The van der Waals surface area contributed by atoms with Crippen molar-refractivity contribution in [3.05, 3.63) is 95.1 Å². The average Bonchev–Trinajstić information content (AvgIpc) is 3.19. The van der Waals surface area contributed by atoms with Gasteiger partial charge in [0.2, 0.25) is 6.23 Å². The number of hydrazone groups is 1. The summed E-state index contributed by atoms with van der Waals surface area (Å²) in [6.45, 7) is 2.10. The maximum atomic E-state index is 6.40. The molecule has 0 aliphatic carbocycles. The van der Waals surface area contributed by atoms with E-state index in [1.807, 2.05) is 30.3 Å². The average molecular weight is 370 g/mol. The summed E-state index contributed by atoms with van der Waals surface area (Å²) in [6, 6.07) is 25.1. The van der Waals surface area contributed by atoms with Gasteiger partial charge in [0.15, 0.2) is 0 Å². The zero-order valence-electron chi connectivity index (χ0n) is 16.0. The van der Waals surface area contributed by atoms with Crippen molar-refractivity contribution >= 4 is 5.71 Å². The van der Waals surface area contributed by atoms with Crippen LogP contribution in [0.15, 0.2) is 77.9 Å². The van der Waals surface area contributed by atoms with Crippen LogP contribution in [0.3, 0.4) is 0 Å². The molecule has 3 aromatic carbocycles. The van der Waals surface area contributed by atoms with Crippen LogP contribution in [0.1, 0.15) is 40.9 Å². The zero-order chi connectivity index (χ0) is 19.1. The highest BCUT2D eigenvalue weighted by Gasteiger charge is 2.40. The molecular formula is C24H22N2O2. The molecule has 28 heavy (non-hydrogen) atoms. The van der Waals surface area contributed by atoms with E-state index in [4.69, 9.17) is 14.6 Å². The highest BCUT2D eigenvalue weighted by atomic mass is 16.5. The minimum atomic E-state index is -0.280. The van der Waals surface area contributed by atoms with Crippen LogP contribution in [0.25, 0.3) is 0 Å². The third-order valence-corrected chi connectivity index (χ3v) is 5.46. The molecule has 0 bridgehead atoms. The monoisotopic (exact) mass is 370 g/mol. The molecule has 3 aromatic rings. The van der Waals surface area contributed by atoms with Crippen LogP contribution in [0.2, 0.25) is 0 Å². The van der Waals surface area contributed by atoms with Gasteiger partial charge in [0.1, 0.15) is 11.5 Å². The van der Waals surface area contributed by atoms with Gasteiger partial charge >= 0.3 is 0 Å². The maximum Gasteiger partial charge on any atom is 0.214 e. The Hall–Kier alpha value is -3.27. The van der Waals surface area contributed by atoms with E-state index in [9.17, 15) is 0 Å². The topological polar surface area (TPSA) is 34.1 Å². The normalized spacial score (nSPS) is 20.1. The van der Waals surface area contributed by atoms with Crippen molar-refractivity contribution in [1.82, 2.24) is 5.01 Å². The Balaban J connectivity index is 1.59. The molecule has 2 atom stereocenters. The van der Waals surface area contributed by atoms with E-state index in [-0.39, 0.29) is 12.3 Å². The molecule has 0 aromatic heterocycles. The molecule has 140 valence electrons. The lowest BCUT2D eigenvalue weighted by atomic mass is 9.95. The predicted octanol–water partition coefficient (Wildman–Crippen LogP) is 5.25. The summed E-state index contributed by atoms with van der Waals surface area (Å²) >= 11 is 0. The van der Waals surface area contributed by atoms with Crippen LogP contribution in [-0.4, -0.2) is 17.8 Å². The second kappa shape index (κ2) is 6.71. The smallest absolute Gasteiger partial charge is 0.214 e. The second-order valence-electron chi connectivity index (χ2n) is 7.30. The Bertz CT molecular complexity index is 1040. The molecule has 0 fully saturated rings. The van der Waals surface area contributed by atoms with Crippen LogP contribution in [0.5, 0.6) is 11.5 Å². The van der Waals surface area contributed by atoms with Crippen molar-refractivity contribution in [2.45, 2.75) is 25.6 Å². The molecule has 0 saturated heterocycles. The summed E-state index contributed by atoms with van der Waals surface area (Å²) in [4.78, 5) is 0. The molecule has 0 spiro atoms. The molecule has 0 N–H and O–H groups in total. The van der Waals surface area contributed by atoms with Crippen molar-refractivity contribution in [3.63, 3.8) is 0 Å². The third-order valence-electron chi connectivity index (χ3n) is 5.46. The number of benzene rings is 3. The number of hydrogen-bond donors (Lipinski definition) is 0. The molecule has 0 radical (unpaired) electrons. The summed E-state index contributed by atoms with van der Waals surface area (Å²) in [5, 5.41) is 7.11. The lowest BCUT2D eigenvalue weighted by Gasteiger charge is -2.38. The fraction of sp³-hybridized carbons (Fsp3) is 0.208. The molecule has 2 aliphatic heterocycles. The summed E-state index contributed by atoms with van der Waals surface area (Å²) in [5.41, 5.74) is 5.74. The predicted molar refractivity (Wildman–Crippen MR) is 110 cm³/mol. The second-order valence-corrected chi connectivity index (χ2v) is 7.30. The molecule has 0 amide bonds. The lowest BCUT2D eigenvalue weighted by Crippen LogP contribution is -2.33. The molecular weight excluding hydrogens is 348 g/mol. The number of rotatable bonds is 3. The molecule has 0 saturated carbocycles. The highest BCUT2D eigenvalue weighted by Crippen LogP contribution is 2.47. The van der Waals surface area contributed by atoms with Gasteiger partial charge in [0, 0.05) is 17.5 Å². The third kappa shape index (κ3) is 2.82. The number of para-hydroxylation sites is 1. The van der Waals surface area contributed by atoms with Gasteiger partial charge in [-0.1, -0.05) is 60.2 Å². The first-order valence-electron chi connectivity index (χ1n) is 9.55. The van der Waals surface area contributed by atoms with Crippen LogP contribution in [-0.2, 0) is 0 Å². The Morgan fingerprint density at radius 3 is 2.64 bits per heavy atom. The van der Waals surface area contributed by atoms with Gasteiger partial charge < -0.3 is 9.47 Å². The standard InChI is InChI=1S/C24H22N2O2/c1-16-10-12-17(13-11-16)21-15-22-20-8-3-4-9-23(20)28-24(26(22)25-21)18-6-5-7-19(14-18)27-2/h3-14,22,24H,15H2,1-2H3/t22-,24+/m1/s1. The van der Waals surface area contributed by atoms with Gasteiger partial charge in [-0.3, -0.25) is 0 Å². The number of ether oxygens (including phenoxy) is 2. The van der Waals surface area contributed by atoms with Crippen LogP contribution in [0.4, 0.5) is 0 Å². The summed E-state index contributed by atoms with van der Waals surface area (Å²) < 4.78 is 11.8. The summed E-state index contributed by atoms with van der Waals surface area (Å²) in [6.07, 6.45) is 0.585. The van der Waals surface area contributed by atoms with Gasteiger partial charge in [-0.05, 0) is 30.7 Å². The van der Waals surface area contributed by atoms with E-state index >= 15 is 0 Å². The quantitative estimate of drug-likeness (QED) is 0.632. The maximum absolute atomic E-state index is 6.40. The molecule has 2 aliphatic rings. The molecule has 4 heteroatoms. The SMILES string of the molecule is COc1cccc([C@@H]2Oc3ccccc3[C@H]3CC(c4ccc(C)cc4)=NN32)c1. The van der Waals surface area contributed by atoms with Crippen molar-refractivity contribution in [2.75, 3.05) is 7.11 Å². The largest absolute Gasteiger partial charge is 0.497 e. The molecule has 0 unspecified atom stereocenters. The van der Waals surface area contributed by atoms with E-state index in [2.05, 4.69) is 54.4 Å². The number of hydrogen-bond acceptors (Lipinski definition) is 4. The Labute approximate surface area is 165 Å². The zero-order valence-corrected chi connectivity index (χ0v) is 16.0. The number of methoxy groups -OCH3 is 1. The van der Waals surface area contributed by atoms with Gasteiger partial charge in [-0.15, -0.1) is 0 Å². The van der Waals surface area contributed by atoms with Crippen molar-refractivity contribution in [1.29, 1.82) is 0 Å². The Kier molecular flexibility index (Phi) is 4.05. The van der Waals surface area contributed by atoms with E-state index in [0.717, 1.165) is 29.2 Å². The highest BCUT2D eigenvalue weighted by molar-refractivity contribution is 6.02. The first-order chi connectivity index (χ1) is 13.7. The van der Waals surface area contributed by atoms with Crippen LogP contribution in [0, 0.1) is 6.92 Å². The van der Waals surface area contributed by atoms with E-state index in [0.29, 0.717) is 0 Å². The number of nitrogens with zero attached hydrogens (tertiary/aromatic N) is 2. The Morgan fingerprint density at radius 1 is 1.00 bits per heavy atom. The van der Waals surface area contributed by atoms with Crippen LogP contribution < -0.4 is 9.47 Å². The summed E-state index contributed by atoms with van der Waals surface area (Å²) in [5.74, 6) is 1.75. The minimum Gasteiger partial charge on any atom is -0.497 e. The number of aryl methyl sites for hydroxylation is 1. The van der Waals surface area contributed by atoms with E-state index in [1.165, 1.54) is 16.7 Å².